The zero-order valence-corrected chi connectivity index (χ0v) is 9.02. The molecule has 0 aromatic heterocycles. The van der Waals surface area contributed by atoms with Crippen LogP contribution in [0.25, 0.3) is 0 Å². The van der Waals surface area contributed by atoms with Gasteiger partial charge in [0.25, 0.3) is 0 Å². The molecule has 0 amide bonds. The van der Waals surface area contributed by atoms with E-state index in [4.69, 9.17) is 5.73 Å². The molecule has 0 saturated carbocycles. The quantitative estimate of drug-likeness (QED) is 0.609. The lowest BCUT2D eigenvalue weighted by Gasteiger charge is -2.33. The van der Waals surface area contributed by atoms with Crippen LogP contribution in [0, 0.1) is 23.3 Å². The smallest absolute Gasteiger partial charge is 0.185 e. The van der Waals surface area contributed by atoms with Crippen LogP contribution in [0.1, 0.15) is 12.8 Å². The van der Waals surface area contributed by atoms with Crippen molar-refractivity contribution in [2.75, 3.05) is 18.0 Å². The van der Waals surface area contributed by atoms with Crippen molar-refractivity contribution in [3.63, 3.8) is 0 Å². The van der Waals surface area contributed by atoms with E-state index >= 15 is 0 Å². The highest BCUT2D eigenvalue weighted by molar-refractivity contribution is 5.50. The number of anilines is 1. The predicted octanol–water partition coefficient (Wildman–Crippen LogP) is 2.17. The first kappa shape index (κ1) is 12.2. The third-order valence-electron chi connectivity index (χ3n) is 2.86. The van der Waals surface area contributed by atoms with Gasteiger partial charge in [0.05, 0.1) is 0 Å². The minimum Gasteiger partial charge on any atom is -0.365 e. The summed E-state index contributed by atoms with van der Waals surface area (Å²) in [4.78, 5) is 1.25. The molecular weight excluding hydrogens is 236 g/mol. The highest BCUT2D eigenvalue weighted by Gasteiger charge is 2.26. The van der Waals surface area contributed by atoms with E-state index in [1.807, 2.05) is 0 Å². The largest absolute Gasteiger partial charge is 0.365 e. The molecule has 1 saturated heterocycles. The maximum absolute atomic E-state index is 13.5. The SMILES string of the molecule is NC1CCCN(c2c(F)c(F)cc(F)c2F)C1. The monoisotopic (exact) mass is 248 g/mol. The van der Waals surface area contributed by atoms with Crippen LogP contribution in [0.5, 0.6) is 0 Å². The fraction of sp³-hybridized carbons (Fsp3) is 0.455. The summed E-state index contributed by atoms with van der Waals surface area (Å²) < 4.78 is 53.0. The Morgan fingerprint density at radius 3 is 2.24 bits per heavy atom. The molecule has 1 fully saturated rings. The molecular formula is C11H12F4N2. The van der Waals surface area contributed by atoms with Gasteiger partial charge in [-0.05, 0) is 12.8 Å². The van der Waals surface area contributed by atoms with Gasteiger partial charge in [0, 0.05) is 25.2 Å². The maximum atomic E-state index is 13.5. The van der Waals surface area contributed by atoms with E-state index in [2.05, 4.69) is 0 Å². The van der Waals surface area contributed by atoms with E-state index in [-0.39, 0.29) is 18.7 Å². The third kappa shape index (κ3) is 2.22. The molecule has 1 aromatic carbocycles. The summed E-state index contributed by atoms with van der Waals surface area (Å²) in [5.74, 6) is -5.51. The van der Waals surface area contributed by atoms with Gasteiger partial charge in [0.1, 0.15) is 5.69 Å². The van der Waals surface area contributed by atoms with Gasteiger partial charge < -0.3 is 10.6 Å². The van der Waals surface area contributed by atoms with Crippen LogP contribution in [0.4, 0.5) is 23.2 Å². The van der Waals surface area contributed by atoms with E-state index in [1.54, 1.807) is 0 Å². The summed E-state index contributed by atoms with van der Waals surface area (Å²) in [6, 6.07) is -0.0354. The second-order valence-corrected chi connectivity index (χ2v) is 4.17. The van der Waals surface area contributed by atoms with Crippen molar-refractivity contribution in [2.45, 2.75) is 18.9 Å². The number of rotatable bonds is 1. The average molecular weight is 248 g/mol. The van der Waals surface area contributed by atoms with Crippen molar-refractivity contribution in [3.05, 3.63) is 29.3 Å². The minimum absolute atomic E-state index is 0.191. The molecule has 0 radical (unpaired) electrons. The van der Waals surface area contributed by atoms with Crippen molar-refractivity contribution in [2.24, 2.45) is 5.73 Å². The zero-order valence-electron chi connectivity index (χ0n) is 9.02. The van der Waals surface area contributed by atoms with Gasteiger partial charge in [-0.2, -0.15) is 0 Å². The topological polar surface area (TPSA) is 29.3 Å². The van der Waals surface area contributed by atoms with Gasteiger partial charge in [-0.1, -0.05) is 0 Å². The van der Waals surface area contributed by atoms with Crippen molar-refractivity contribution < 1.29 is 17.6 Å². The van der Waals surface area contributed by atoms with Gasteiger partial charge in [-0.3, -0.25) is 0 Å². The molecule has 0 spiro atoms. The highest BCUT2D eigenvalue weighted by Crippen LogP contribution is 2.29. The lowest BCUT2D eigenvalue weighted by atomic mass is 10.1. The fourth-order valence-electron chi connectivity index (χ4n) is 2.05. The first-order valence-electron chi connectivity index (χ1n) is 5.34. The molecule has 6 heteroatoms. The Morgan fingerprint density at radius 1 is 1.12 bits per heavy atom. The van der Waals surface area contributed by atoms with Crippen molar-refractivity contribution in [1.29, 1.82) is 0 Å². The number of nitrogens with zero attached hydrogens (tertiary/aromatic N) is 1. The molecule has 1 aliphatic rings. The lowest BCUT2D eigenvalue weighted by Crippen LogP contribution is -2.43. The van der Waals surface area contributed by atoms with Crippen LogP contribution in [0.2, 0.25) is 0 Å². The summed E-state index contributed by atoms with van der Waals surface area (Å²) >= 11 is 0. The molecule has 94 valence electrons. The first-order chi connectivity index (χ1) is 8.00. The molecule has 0 aliphatic carbocycles. The minimum atomic E-state index is -1.39. The summed E-state index contributed by atoms with van der Waals surface area (Å²) in [7, 11) is 0. The number of piperidine rings is 1. The summed E-state index contributed by atoms with van der Waals surface area (Å²) in [5.41, 5.74) is 5.01. The van der Waals surface area contributed by atoms with Crippen LogP contribution >= 0.6 is 0 Å². The van der Waals surface area contributed by atoms with Gasteiger partial charge in [0.2, 0.25) is 0 Å². The number of halogens is 4. The molecule has 0 bridgehead atoms. The number of hydrogen-bond donors (Lipinski definition) is 1. The van der Waals surface area contributed by atoms with E-state index in [0.29, 0.717) is 13.0 Å². The molecule has 17 heavy (non-hydrogen) atoms. The van der Waals surface area contributed by atoms with Crippen molar-refractivity contribution >= 4 is 5.69 Å². The zero-order chi connectivity index (χ0) is 12.6. The van der Waals surface area contributed by atoms with Crippen LogP contribution in [0.3, 0.4) is 0 Å². The Balaban J connectivity index is 2.43. The number of hydrogen-bond acceptors (Lipinski definition) is 2. The second-order valence-electron chi connectivity index (χ2n) is 4.17. The second kappa shape index (κ2) is 4.52. The summed E-state index contributed by atoms with van der Waals surface area (Å²) in [6.45, 7) is 0.529. The molecule has 1 heterocycles. The molecule has 1 aliphatic heterocycles. The Bertz CT molecular complexity index is 410. The molecule has 2 rings (SSSR count). The predicted molar refractivity (Wildman–Crippen MR) is 55.7 cm³/mol. The number of nitrogens with two attached hydrogens (primary N) is 1. The first-order valence-corrected chi connectivity index (χ1v) is 5.34. The van der Waals surface area contributed by atoms with E-state index < -0.39 is 29.0 Å². The van der Waals surface area contributed by atoms with E-state index in [0.717, 1.165) is 6.42 Å². The fourth-order valence-corrected chi connectivity index (χ4v) is 2.05. The standard InChI is InChI=1S/C11H12F4N2/c12-7-4-8(13)10(15)11(9(7)14)17-3-1-2-6(16)5-17/h4,6H,1-3,5,16H2. The molecule has 2 nitrogen and oxygen atoms in total. The molecule has 2 N–H and O–H groups in total. The van der Waals surface area contributed by atoms with Gasteiger partial charge in [-0.25, -0.2) is 17.6 Å². The molecule has 1 unspecified atom stereocenters. The Labute approximate surface area is 96.0 Å². The van der Waals surface area contributed by atoms with Gasteiger partial charge in [0.15, 0.2) is 23.3 Å². The maximum Gasteiger partial charge on any atom is 0.185 e. The number of benzene rings is 1. The van der Waals surface area contributed by atoms with Gasteiger partial charge >= 0.3 is 0 Å². The van der Waals surface area contributed by atoms with Crippen molar-refractivity contribution in [3.8, 4) is 0 Å². The van der Waals surface area contributed by atoms with Crippen LogP contribution in [-0.4, -0.2) is 19.1 Å². The Kier molecular flexibility index (Phi) is 3.24. The van der Waals surface area contributed by atoms with Crippen LogP contribution in [-0.2, 0) is 0 Å². The Hall–Kier alpha value is -1.30. The molecule has 1 aromatic rings. The van der Waals surface area contributed by atoms with E-state index in [1.165, 1.54) is 4.90 Å². The Morgan fingerprint density at radius 2 is 1.71 bits per heavy atom. The normalized spacial score (nSPS) is 20.8. The highest BCUT2D eigenvalue weighted by atomic mass is 19.2. The molecule has 1 atom stereocenters. The lowest BCUT2D eigenvalue weighted by molar-refractivity contribution is 0.436. The third-order valence-corrected chi connectivity index (χ3v) is 2.86. The van der Waals surface area contributed by atoms with Crippen LogP contribution < -0.4 is 10.6 Å². The van der Waals surface area contributed by atoms with E-state index in [9.17, 15) is 17.6 Å². The summed E-state index contributed by atoms with van der Waals surface area (Å²) in [5, 5.41) is 0. The van der Waals surface area contributed by atoms with Crippen LogP contribution in [0.15, 0.2) is 6.07 Å². The average Bonchev–Trinajstić information content (AvgIpc) is 2.27. The van der Waals surface area contributed by atoms with Gasteiger partial charge in [-0.15, -0.1) is 0 Å². The summed E-state index contributed by atoms with van der Waals surface area (Å²) in [6.07, 6.45) is 1.37. The van der Waals surface area contributed by atoms with Crippen molar-refractivity contribution in [1.82, 2.24) is 0 Å².